The van der Waals surface area contributed by atoms with Gasteiger partial charge in [0.25, 0.3) is 0 Å². The first kappa shape index (κ1) is 9.70. The van der Waals surface area contributed by atoms with Crippen LogP contribution in [0.15, 0.2) is 9.59 Å². The Labute approximate surface area is 75.4 Å². The summed E-state index contributed by atoms with van der Waals surface area (Å²) in [4.78, 5) is 28.0. The molecule has 0 radical (unpaired) electrons. The summed E-state index contributed by atoms with van der Waals surface area (Å²) in [5.41, 5.74) is -1.37. The lowest BCUT2D eigenvalue weighted by Crippen LogP contribution is -2.41. The monoisotopic (exact) mass is 183 g/mol. The van der Waals surface area contributed by atoms with Crippen molar-refractivity contribution in [1.29, 1.82) is 0 Å². The summed E-state index contributed by atoms with van der Waals surface area (Å²) >= 11 is 0. The van der Waals surface area contributed by atoms with Crippen molar-refractivity contribution in [2.45, 2.75) is 33.2 Å². The second-order valence-electron chi connectivity index (χ2n) is 3.90. The van der Waals surface area contributed by atoms with Gasteiger partial charge in [-0.25, -0.2) is 9.59 Å². The van der Waals surface area contributed by atoms with E-state index in [-0.39, 0.29) is 5.54 Å². The van der Waals surface area contributed by atoms with Gasteiger partial charge in [0.15, 0.2) is 0 Å². The molecular weight excluding hydrogens is 170 g/mol. The van der Waals surface area contributed by atoms with Crippen LogP contribution in [0.1, 0.15) is 26.6 Å². The van der Waals surface area contributed by atoms with Crippen molar-refractivity contribution in [3.05, 3.63) is 26.8 Å². The van der Waals surface area contributed by atoms with E-state index in [1.807, 2.05) is 20.8 Å². The number of aromatic amines is 1. The molecule has 1 aromatic heterocycles. The molecule has 0 aliphatic carbocycles. The maximum atomic E-state index is 11.4. The summed E-state index contributed by atoms with van der Waals surface area (Å²) in [5.74, 6) is 0.432. The first-order valence-corrected chi connectivity index (χ1v) is 4.03. The average molecular weight is 183 g/mol. The smallest absolute Gasteiger partial charge is 0.276 e. The molecule has 0 amide bonds. The number of hydrogen-bond acceptors (Lipinski definition) is 3. The van der Waals surface area contributed by atoms with Gasteiger partial charge in [0, 0.05) is 5.54 Å². The van der Waals surface area contributed by atoms with E-state index in [0.29, 0.717) is 5.82 Å². The Balaban J connectivity index is 3.57. The fourth-order valence-electron chi connectivity index (χ4n) is 1.31. The Morgan fingerprint density at radius 3 is 2.23 bits per heavy atom. The van der Waals surface area contributed by atoms with Gasteiger partial charge in [-0.1, -0.05) is 0 Å². The molecule has 1 N–H and O–H groups in total. The predicted molar refractivity (Wildman–Crippen MR) is 48.9 cm³/mol. The third kappa shape index (κ3) is 1.85. The average Bonchev–Trinajstić information content (AvgIpc) is 1.78. The fourth-order valence-corrected chi connectivity index (χ4v) is 1.31. The van der Waals surface area contributed by atoms with Crippen LogP contribution in [-0.4, -0.2) is 14.5 Å². The summed E-state index contributed by atoms with van der Waals surface area (Å²) in [6.45, 7) is 7.27. The van der Waals surface area contributed by atoms with Crippen LogP contribution in [0.5, 0.6) is 0 Å². The number of aryl methyl sites for hydroxylation is 1. The Hall–Kier alpha value is -1.39. The highest BCUT2D eigenvalue weighted by Crippen LogP contribution is 2.10. The number of H-pyrrole nitrogens is 1. The molecule has 0 atom stereocenters. The standard InChI is InChI=1S/C8H13N3O2/c1-5-9-6(12)10-7(13)11(5)8(2,3)4/h1-4H3,(H,10,12,13). The van der Waals surface area contributed by atoms with Crippen molar-refractivity contribution in [3.8, 4) is 0 Å². The minimum atomic E-state index is -0.594. The predicted octanol–water partition coefficient (Wildman–Crippen LogP) is -0.00498. The van der Waals surface area contributed by atoms with E-state index in [9.17, 15) is 9.59 Å². The Bertz CT molecular complexity index is 422. The first-order chi connectivity index (χ1) is 5.82. The van der Waals surface area contributed by atoms with E-state index in [4.69, 9.17) is 0 Å². The molecular formula is C8H13N3O2. The van der Waals surface area contributed by atoms with Crippen LogP contribution >= 0.6 is 0 Å². The van der Waals surface area contributed by atoms with Gasteiger partial charge in [-0.15, -0.1) is 0 Å². The van der Waals surface area contributed by atoms with Crippen LogP contribution in [0.3, 0.4) is 0 Å². The zero-order valence-electron chi connectivity index (χ0n) is 8.21. The molecule has 0 saturated carbocycles. The van der Waals surface area contributed by atoms with Gasteiger partial charge >= 0.3 is 11.4 Å². The Morgan fingerprint density at radius 2 is 1.85 bits per heavy atom. The highest BCUT2D eigenvalue weighted by Gasteiger charge is 2.17. The number of nitrogens with one attached hydrogen (secondary N) is 1. The van der Waals surface area contributed by atoms with E-state index in [1.54, 1.807) is 6.92 Å². The molecule has 1 aromatic rings. The lowest BCUT2D eigenvalue weighted by molar-refractivity contribution is 0.359. The summed E-state index contributed by atoms with van der Waals surface area (Å²) in [6, 6.07) is 0. The van der Waals surface area contributed by atoms with E-state index in [2.05, 4.69) is 9.97 Å². The van der Waals surface area contributed by atoms with Crippen LogP contribution in [0, 0.1) is 6.92 Å². The zero-order chi connectivity index (χ0) is 10.2. The van der Waals surface area contributed by atoms with Crippen molar-refractivity contribution in [2.24, 2.45) is 0 Å². The number of hydrogen-bond donors (Lipinski definition) is 1. The second kappa shape index (κ2) is 2.83. The van der Waals surface area contributed by atoms with E-state index < -0.39 is 11.4 Å². The molecule has 1 rings (SSSR count). The van der Waals surface area contributed by atoms with Crippen molar-refractivity contribution in [3.63, 3.8) is 0 Å². The third-order valence-electron chi connectivity index (χ3n) is 1.67. The van der Waals surface area contributed by atoms with E-state index in [0.717, 1.165) is 0 Å². The molecule has 5 nitrogen and oxygen atoms in total. The molecule has 5 heteroatoms. The highest BCUT2D eigenvalue weighted by atomic mass is 16.2. The maximum Gasteiger partial charge on any atom is 0.350 e. The molecule has 0 unspecified atom stereocenters. The van der Waals surface area contributed by atoms with Crippen molar-refractivity contribution >= 4 is 0 Å². The molecule has 0 bridgehead atoms. The molecule has 0 aromatic carbocycles. The maximum absolute atomic E-state index is 11.4. The number of nitrogens with zero attached hydrogens (tertiary/aromatic N) is 2. The summed E-state index contributed by atoms with van der Waals surface area (Å²) in [7, 11) is 0. The van der Waals surface area contributed by atoms with Crippen LogP contribution in [-0.2, 0) is 5.54 Å². The van der Waals surface area contributed by atoms with Gasteiger partial charge in [0.2, 0.25) is 0 Å². The first-order valence-electron chi connectivity index (χ1n) is 4.03. The summed E-state index contributed by atoms with van der Waals surface area (Å²) in [6.07, 6.45) is 0. The summed E-state index contributed by atoms with van der Waals surface area (Å²) < 4.78 is 1.45. The van der Waals surface area contributed by atoms with Crippen LogP contribution in [0.2, 0.25) is 0 Å². The van der Waals surface area contributed by atoms with Gasteiger partial charge in [-0.3, -0.25) is 9.55 Å². The zero-order valence-corrected chi connectivity index (χ0v) is 8.21. The molecule has 0 aliphatic heterocycles. The molecule has 0 fully saturated rings. The quantitative estimate of drug-likeness (QED) is 0.615. The third-order valence-corrected chi connectivity index (χ3v) is 1.67. The molecule has 0 saturated heterocycles. The lowest BCUT2D eigenvalue weighted by atomic mass is 10.1. The number of rotatable bonds is 0. The van der Waals surface area contributed by atoms with Crippen LogP contribution in [0.25, 0.3) is 0 Å². The van der Waals surface area contributed by atoms with Gasteiger partial charge < -0.3 is 0 Å². The van der Waals surface area contributed by atoms with Gasteiger partial charge in [0.1, 0.15) is 5.82 Å². The van der Waals surface area contributed by atoms with E-state index in [1.165, 1.54) is 4.57 Å². The normalized spacial score (nSPS) is 11.7. The largest absolute Gasteiger partial charge is 0.350 e. The highest BCUT2D eigenvalue weighted by molar-refractivity contribution is 4.89. The fraction of sp³-hybridized carbons (Fsp3) is 0.625. The number of aromatic nitrogens is 3. The van der Waals surface area contributed by atoms with Crippen molar-refractivity contribution in [1.82, 2.24) is 14.5 Å². The molecule has 0 spiro atoms. The van der Waals surface area contributed by atoms with Gasteiger partial charge in [0.05, 0.1) is 0 Å². The van der Waals surface area contributed by atoms with Crippen LogP contribution in [0.4, 0.5) is 0 Å². The Morgan fingerprint density at radius 1 is 1.31 bits per heavy atom. The molecule has 13 heavy (non-hydrogen) atoms. The molecule has 0 aliphatic rings. The topological polar surface area (TPSA) is 67.8 Å². The van der Waals surface area contributed by atoms with Gasteiger partial charge in [-0.05, 0) is 27.7 Å². The molecule has 72 valence electrons. The van der Waals surface area contributed by atoms with E-state index >= 15 is 0 Å². The lowest BCUT2D eigenvalue weighted by Gasteiger charge is -2.22. The summed E-state index contributed by atoms with van der Waals surface area (Å²) in [5, 5.41) is 0. The minimum absolute atomic E-state index is 0.363. The van der Waals surface area contributed by atoms with Crippen molar-refractivity contribution < 1.29 is 0 Å². The van der Waals surface area contributed by atoms with Gasteiger partial charge in [-0.2, -0.15) is 4.98 Å². The second-order valence-corrected chi connectivity index (χ2v) is 3.90. The van der Waals surface area contributed by atoms with Crippen molar-refractivity contribution in [2.75, 3.05) is 0 Å². The van der Waals surface area contributed by atoms with Crippen LogP contribution < -0.4 is 11.4 Å². The Kier molecular flexibility index (Phi) is 2.11. The SMILES string of the molecule is Cc1nc(=O)[nH]c(=O)n1C(C)(C)C. The minimum Gasteiger partial charge on any atom is -0.276 e. The molecule has 1 heterocycles.